The Morgan fingerprint density at radius 1 is 1.44 bits per heavy atom. The van der Waals surface area contributed by atoms with Gasteiger partial charge in [-0.3, -0.25) is 4.79 Å². The molecule has 0 aliphatic carbocycles. The van der Waals surface area contributed by atoms with Crippen molar-refractivity contribution >= 4 is 28.6 Å². The van der Waals surface area contributed by atoms with Crippen LogP contribution < -0.4 is 10.6 Å². The molecule has 2 rings (SSSR count). The lowest BCUT2D eigenvalue weighted by Gasteiger charge is -2.20. The molecule has 0 aliphatic heterocycles. The summed E-state index contributed by atoms with van der Waals surface area (Å²) >= 11 is 1.29. The maximum Gasteiger partial charge on any atom is 0.270 e. The zero-order valence-corrected chi connectivity index (χ0v) is 10.7. The van der Waals surface area contributed by atoms with Crippen LogP contribution in [0.4, 0.5) is 15.8 Å². The molecule has 0 saturated heterocycles. The monoisotopic (exact) mass is 264 g/mol. The molecule has 1 aromatic heterocycles. The van der Waals surface area contributed by atoms with Gasteiger partial charge in [0.15, 0.2) is 0 Å². The summed E-state index contributed by atoms with van der Waals surface area (Å²) < 4.78 is 13.2. The topological polar surface area (TPSA) is 46.3 Å². The third kappa shape index (κ3) is 2.36. The molecule has 0 aliphatic rings. The SMILES string of the molecule is CCN(C(=O)c1sccc1N)c1cccc(F)c1. The van der Waals surface area contributed by atoms with Gasteiger partial charge in [0.05, 0.1) is 5.69 Å². The van der Waals surface area contributed by atoms with Crippen molar-refractivity contribution in [3.05, 3.63) is 46.4 Å². The van der Waals surface area contributed by atoms with E-state index in [4.69, 9.17) is 5.73 Å². The van der Waals surface area contributed by atoms with Gasteiger partial charge < -0.3 is 10.6 Å². The molecule has 0 atom stereocenters. The van der Waals surface area contributed by atoms with Gasteiger partial charge in [-0.2, -0.15) is 0 Å². The number of hydrogen-bond donors (Lipinski definition) is 1. The highest BCUT2D eigenvalue weighted by Crippen LogP contribution is 2.24. The normalized spacial score (nSPS) is 10.3. The number of carbonyl (C=O) groups is 1. The van der Waals surface area contributed by atoms with Gasteiger partial charge in [0, 0.05) is 12.2 Å². The first-order chi connectivity index (χ1) is 8.63. The minimum atomic E-state index is -0.363. The van der Waals surface area contributed by atoms with Crippen molar-refractivity contribution < 1.29 is 9.18 Å². The van der Waals surface area contributed by atoms with E-state index in [1.807, 2.05) is 6.92 Å². The first kappa shape index (κ1) is 12.6. The standard InChI is InChI=1S/C13H13FN2OS/c1-2-16(10-5-3-4-9(14)8-10)13(17)12-11(15)6-7-18-12/h3-8H,2,15H2,1H3. The van der Waals surface area contributed by atoms with Crippen molar-refractivity contribution in [1.82, 2.24) is 0 Å². The van der Waals surface area contributed by atoms with Crippen LogP contribution in [0, 0.1) is 5.82 Å². The number of carbonyl (C=O) groups excluding carboxylic acids is 1. The molecule has 0 unspecified atom stereocenters. The maximum atomic E-state index is 13.2. The Balaban J connectivity index is 2.35. The first-order valence-electron chi connectivity index (χ1n) is 5.54. The van der Waals surface area contributed by atoms with Crippen LogP contribution in [0.1, 0.15) is 16.6 Å². The number of amides is 1. The van der Waals surface area contributed by atoms with Crippen LogP contribution in [-0.2, 0) is 0 Å². The second-order valence-corrected chi connectivity index (χ2v) is 4.65. The molecule has 3 nitrogen and oxygen atoms in total. The van der Waals surface area contributed by atoms with Crippen LogP contribution in [0.15, 0.2) is 35.7 Å². The molecule has 0 radical (unpaired) electrons. The lowest BCUT2D eigenvalue weighted by Crippen LogP contribution is -2.30. The molecule has 0 saturated carbocycles. The van der Waals surface area contributed by atoms with E-state index in [0.717, 1.165) is 0 Å². The number of benzene rings is 1. The maximum absolute atomic E-state index is 13.2. The minimum Gasteiger partial charge on any atom is -0.397 e. The van der Waals surface area contributed by atoms with Crippen molar-refractivity contribution in [2.24, 2.45) is 0 Å². The second-order valence-electron chi connectivity index (χ2n) is 3.73. The van der Waals surface area contributed by atoms with Gasteiger partial charge in [-0.15, -0.1) is 11.3 Å². The number of anilines is 2. The third-order valence-electron chi connectivity index (χ3n) is 2.57. The molecule has 94 valence electrons. The predicted octanol–water partition coefficient (Wildman–Crippen LogP) is 3.14. The van der Waals surface area contributed by atoms with E-state index < -0.39 is 0 Å². The van der Waals surface area contributed by atoms with Gasteiger partial charge in [-0.1, -0.05) is 6.07 Å². The average molecular weight is 264 g/mol. The smallest absolute Gasteiger partial charge is 0.270 e. The van der Waals surface area contributed by atoms with E-state index in [-0.39, 0.29) is 11.7 Å². The molecule has 5 heteroatoms. The summed E-state index contributed by atoms with van der Waals surface area (Å²) in [5.74, 6) is -0.562. The number of thiophene rings is 1. The summed E-state index contributed by atoms with van der Waals surface area (Å²) in [6.45, 7) is 2.30. The molecule has 0 fully saturated rings. The highest BCUT2D eigenvalue weighted by molar-refractivity contribution is 7.12. The van der Waals surface area contributed by atoms with Crippen molar-refractivity contribution in [2.45, 2.75) is 6.92 Å². The molecule has 2 aromatic rings. The van der Waals surface area contributed by atoms with Gasteiger partial charge in [0.1, 0.15) is 10.7 Å². The largest absolute Gasteiger partial charge is 0.397 e. The molecule has 1 amide bonds. The molecular formula is C13H13FN2OS. The highest BCUT2D eigenvalue weighted by atomic mass is 32.1. The van der Waals surface area contributed by atoms with Gasteiger partial charge >= 0.3 is 0 Å². The Morgan fingerprint density at radius 3 is 2.78 bits per heavy atom. The van der Waals surface area contributed by atoms with Crippen LogP contribution >= 0.6 is 11.3 Å². The van der Waals surface area contributed by atoms with Crippen LogP contribution in [-0.4, -0.2) is 12.5 Å². The molecule has 1 aromatic carbocycles. The fraction of sp³-hybridized carbons (Fsp3) is 0.154. The van der Waals surface area contributed by atoms with Gasteiger partial charge in [0.2, 0.25) is 0 Å². The molecule has 0 bridgehead atoms. The predicted molar refractivity (Wildman–Crippen MR) is 72.5 cm³/mol. The molecule has 18 heavy (non-hydrogen) atoms. The second kappa shape index (κ2) is 5.18. The lowest BCUT2D eigenvalue weighted by molar-refractivity contribution is 0.0993. The molecular weight excluding hydrogens is 251 g/mol. The van der Waals surface area contributed by atoms with Crippen molar-refractivity contribution in [3.8, 4) is 0 Å². The van der Waals surface area contributed by atoms with Crippen LogP contribution in [0.2, 0.25) is 0 Å². The molecule has 2 N–H and O–H groups in total. The number of hydrogen-bond acceptors (Lipinski definition) is 3. The van der Waals surface area contributed by atoms with E-state index in [9.17, 15) is 9.18 Å². The van der Waals surface area contributed by atoms with Crippen molar-refractivity contribution in [1.29, 1.82) is 0 Å². The zero-order chi connectivity index (χ0) is 13.1. The summed E-state index contributed by atoms with van der Waals surface area (Å²) in [5.41, 5.74) is 6.73. The Bertz CT molecular complexity index is 568. The van der Waals surface area contributed by atoms with Crippen LogP contribution in [0.25, 0.3) is 0 Å². The summed E-state index contributed by atoms with van der Waals surface area (Å²) in [6, 6.07) is 7.66. The quantitative estimate of drug-likeness (QED) is 0.925. The number of nitrogens with zero attached hydrogens (tertiary/aromatic N) is 1. The minimum absolute atomic E-state index is 0.199. The number of nitrogens with two attached hydrogens (primary N) is 1. The summed E-state index contributed by atoms with van der Waals surface area (Å²) in [6.07, 6.45) is 0. The number of halogens is 1. The van der Waals surface area contributed by atoms with E-state index in [1.165, 1.54) is 28.4 Å². The van der Waals surface area contributed by atoms with E-state index in [0.29, 0.717) is 22.8 Å². The Morgan fingerprint density at radius 2 is 2.22 bits per heavy atom. The van der Waals surface area contributed by atoms with Gasteiger partial charge in [-0.25, -0.2) is 4.39 Å². The Labute approximate surface area is 109 Å². The van der Waals surface area contributed by atoms with E-state index in [1.54, 1.807) is 23.6 Å². The summed E-state index contributed by atoms with van der Waals surface area (Å²) in [4.78, 5) is 14.3. The summed E-state index contributed by atoms with van der Waals surface area (Å²) in [5, 5.41) is 1.77. The van der Waals surface area contributed by atoms with Crippen molar-refractivity contribution in [2.75, 3.05) is 17.2 Å². The third-order valence-corrected chi connectivity index (χ3v) is 3.49. The Hall–Kier alpha value is -1.88. The van der Waals surface area contributed by atoms with Crippen molar-refractivity contribution in [3.63, 3.8) is 0 Å². The van der Waals surface area contributed by atoms with Gasteiger partial charge in [-0.05, 0) is 36.6 Å². The average Bonchev–Trinajstić information content (AvgIpc) is 2.76. The van der Waals surface area contributed by atoms with E-state index in [2.05, 4.69) is 0 Å². The summed E-state index contributed by atoms with van der Waals surface area (Å²) in [7, 11) is 0. The first-order valence-corrected chi connectivity index (χ1v) is 6.42. The van der Waals surface area contributed by atoms with Crippen LogP contribution in [0.3, 0.4) is 0 Å². The number of rotatable bonds is 3. The fourth-order valence-electron chi connectivity index (χ4n) is 1.70. The highest BCUT2D eigenvalue weighted by Gasteiger charge is 2.19. The molecule has 0 spiro atoms. The Kier molecular flexibility index (Phi) is 3.62. The van der Waals surface area contributed by atoms with Gasteiger partial charge in [0.25, 0.3) is 5.91 Å². The fourth-order valence-corrected chi connectivity index (χ4v) is 2.47. The number of nitrogen functional groups attached to an aromatic ring is 1. The van der Waals surface area contributed by atoms with E-state index >= 15 is 0 Å². The molecule has 1 heterocycles. The van der Waals surface area contributed by atoms with Crippen LogP contribution in [0.5, 0.6) is 0 Å². The lowest BCUT2D eigenvalue weighted by atomic mass is 10.2. The zero-order valence-electron chi connectivity index (χ0n) is 9.89.